The molecule has 0 atom stereocenters. The normalized spacial score (nSPS) is 10.5. The lowest BCUT2D eigenvalue weighted by molar-refractivity contribution is -0.132. The van der Waals surface area contributed by atoms with E-state index in [1.165, 1.54) is 36.4 Å². The van der Waals surface area contributed by atoms with Crippen molar-refractivity contribution in [2.75, 3.05) is 5.73 Å². The number of para-hydroxylation sites is 1. The Morgan fingerprint density at radius 2 is 1.73 bits per heavy atom. The van der Waals surface area contributed by atoms with Crippen LogP contribution >= 0.6 is 0 Å². The summed E-state index contributed by atoms with van der Waals surface area (Å²) in [6.07, 6.45) is 2.50. The van der Waals surface area contributed by atoms with E-state index in [0.717, 1.165) is 6.08 Å². The van der Waals surface area contributed by atoms with E-state index in [4.69, 9.17) is 10.8 Å². The average Bonchev–Trinajstić information content (AvgIpc) is 2.49. The molecule has 0 saturated heterocycles. The highest BCUT2D eigenvalue weighted by Crippen LogP contribution is 2.24. The number of phenolic OH excluding ortho intramolecular Hbond substituents is 2. The van der Waals surface area contributed by atoms with Gasteiger partial charge in [-0.15, -0.1) is 0 Å². The van der Waals surface area contributed by atoms with E-state index in [2.05, 4.69) is 4.74 Å². The predicted molar refractivity (Wildman–Crippen MR) is 80.1 cm³/mol. The first-order valence-electron chi connectivity index (χ1n) is 6.28. The minimum absolute atomic E-state index is 0.0913. The third-order valence-corrected chi connectivity index (χ3v) is 2.80. The molecule has 0 amide bonds. The molecule has 6 heteroatoms. The van der Waals surface area contributed by atoms with Crippen LogP contribution in [-0.4, -0.2) is 22.2 Å². The van der Waals surface area contributed by atoms with Crippen LogP contribution in [0.15, 0.2) is 48.5 Å². The largest absolute Gasteiger partial charge is 0.508 e. The highest BCUT2D eigenvalue weighted by atomic mass is 16.6. The molecule has 0 unspecified atom stereocenters. The topological polar surface area (TPSA) is 110 Å². The van der Waals surface area contributed by atoms with Crippen LogP contribution in [-0.2, 0) is 9.53 Å². The average molecular weight is 299 g/mol. The van der Waals surface area contributed by atoms with Crippen LogP contribution in [0, 0.1) is 0 Å². The maximum absolute atomic E-state index is 11.8. The van der Waals surface area contributed by atoms with Crippen molar-refractivity contribution in [1.82, 2.24) is 0 Å². The van der Waals surface area contributed by atoms with Crippen LogP contribution in [0.1, 0.15) is 15.9 Å². The second-order valence-corrected chi connectivity index (χ2v) is 4.37. The van der Waals surface area contributed by atoms with Crippen LogP contribution in [0.25, 0.3) is 6.08 Å². The molecule has 0 radical (unpaired) electrons. The Hall–Kier alpha value is -3.28. The molecular formula is C16H13NO5. The van der Waals surface area contributed by atoms with Gasteiger partial charge in [-0.25, -0.2) is 9.59 Å². The number of esters is 2. The molecule has 2 rings (SSSR count). The zero-order valence-electron chi connectivity index (χ0n) is 11.4. The lowest BCUT2D eigenvalue weighted by Gasteiger charge is -2.05. The molecule has 0 fully saturated rings. The smallest absolute Gasteiger partial charge is 0.348 e. The molecule has 112 valence electrons. The van der Waals surface area contributed by atoms with E-state index in [9.17, 15) is 14.7 Å². The summed E-state index contributed by atoms with van der Waals surface area (Å²) >= 11 is 0. The van der Waals surface area contributed by atoms with Crippen LogP contribution in [0.5, 0.6) is 11.5 Å². The number of ether oxygens (including phenoxy) is 1. The quantitative estimate of drug-likeness (QED) is 0.263. The van der Waals surface area contributed by atoms with Gasteiger partial charge < -0.3 is 20.7 Å². The van der Waals surface area contributed by atoms with Crippen molar-refractivity contribution in [3.63, 3.8) is 0 Å². The van der Waals surface area contributed by atoms with Crippen molar-refractivity contribution in [3.05, 3.63) is 59.7 Å². The Morgan fingerprint density at radius 1 is 1.05 bits per heavy atom. The lowest BCUT2D eigenvalue weighted by atomic mass is 10.1. The van der Waals surface area contributed by atoms with Crippen LogP contribution in [0.2, 0.25) is 0 Å². The molecule has 2 aromatic rings. The Balaban J connectivity index is 2.04. The fourth-order valence-electron chi connectivity index (χ4n) is 1.66. The van der Waals surface area contributed by atoms with Gasteiger partial charge in [-0.05, 0) is 35.9 Å². The number of hydrogen-bond donors (Lipinski definition) is 3. The van der Waals surface area contributed by atoms with Crippen molar-refractivity contribution in [3.8, 4) is 11.5 Å². The summed E-state index contributed by atoms with van der Waals surface area (Å²) < 4.78 is 4.61. The molecule has 0 heterocycles. The number of rotatable bonds is 3. The number of carbonyl (C=O) groups excluding carboxylic acids is 2. The van der Waals surface area contributed by atoms with Gasteiger partial charge in [0.1, 0.15) is 11.5 Å². The third-order valence-electron chi connectivity index (χ3n) is 2.80. The Kier molecular flexibility index (Phi) is 4.43. The Labute approximate surface area is 126 Å². The van der Waals surface area contributed by atoms with Gasteiger partial charge in [-0.3, -0.25) is 0 Å². The Bertz CT molecular complexity index is 735. The van der Waals surface area contributed by atoms with Gasteiger partial charge in [-0.1, -0.05) is 18.2 Å². The number of hydrogen-bond acceptors (Lipinski definition) is 6. The van der Waals surface area contributed by atoms with E-state index >= 15 is 0 Å². The van der Waals surface area contributed by atoms with E-state index in [-0.39, 0.29) is 22.7 Å². The highest BCUT2D eigenvalue weighted by molar-refractivity contribution is 6.04. The number of nitrogens with two attached hydrogens (primary N) is 1. The molecule has 0 aliphatic heterocycles. The second-order valence-electron chi connectivity index (χ2n) is 4.37. The number of phenols is 2. The second kappa shape index (κ2) is 6.45. The summed E-state index contributed by atoms with van der Waals surface area (Å²) in [6, 6.07) is 10.2. The van der Waals surface area contributed by atoms with Gasteiger partial charge in [0.05, 0.1) is 11.3 Å². The summed E-state index contributed by atoms with van der Waals surface area (Å²) in [6.45, 7) is 0. The molecule has 0 bridgehead atoms. The minimum Gasteiger partial charge on any atom is -0.508 e. The van der Waals surface area contributed by atoms with Gasteiger partial charge in [0.2, 0.25) is 0 Å². The van der Waals surface area contributed by atoms with Crippen molar-refractivity contribution >= 4 is 23.7 Å². The highest BCUT2D eigenvalue weighted by Gasteiger charge is 2.16. The summed E-state index contributed by atoms with van der Waals surface area (Å²) in [4.78, 5) is 23.4. The maximum Gasteiger partial charge on any atom is 0.348 e. The molecule has 6 nitrogen and oxygen atoms in total. The zero-order valence-corrected chi connectivity index (χ0v) is 11.4. The van der Waals surface area contributed by atoms with Gasteiger partial charge in [0.25, 0.3) is 0 Å². The van der Waals surface area contributed by atoms with Crippen molar-refractivity contribution in [1.29, 1.82) is 0 Å². The van der Waals surface area contributed by atoms with Crippen molar-refractivity contribution in [2.24, 2.45) is 0 Å². The molecule has 0 aliphatic carbocycles. The van der Waals surface area contributed by atoms with E-state index < -0.39 is 11.9 Å². The van der Waals surface area contributed by atoms with Crippen molar-refractivity contribution in [2.45, 2.75) is 0 Å². The maximum atomic E-state index is 11.8. The molecule has 4 N–H and O–H groups in total. The fraction of sp³-hybridized carbons (Fsp3) is 0. The predicted octanol–water partition coefficient (Wildman–Crippen LogP) is 2.08. The lowest BCUT2D eigenvalue weighted by Crippen LogP contribution is -2.12. The SMILES string of the molecule is Nc1c(O)cccc1C(=O)OC(=O)C=Cc1ccc(O)cc1. The van der Waals surface area contributed by atoms with Crippen LogP contribution < -0.4 is 5.73 Å². The van der Waals surface area contributed by atoms with E-state index in [1.807, 2.05) is 0 Å². The Morgan fingerprint density at radius 3 is 2.41 bits per heavy atom. The third kappa shape index (κ3) is 3.63. The summed E-state index contributed by atoms with van der Waals surface area (Å²) in [5.41, 5.74) is 5.95. The first-order chi connectivity index (χ1) is 10.5. The summed E-state index contributed by atoms with van der Waals surface area (Å²) in [5, 5.41) is 18.5. The molecule has 22 heavy (non-hydrogen) atoms. The molecule has 0 aromatic heterocycles. The number of nitrogen functional groups attached to an aromatic ring is 1. The van der Waals surface area contributed by atoms with E-state index in [1.54, 1.807) is 12.1 Å². The molecule has 0 saturated carbocycles. The number of aromatic hydroxyl groups is 2. The number of benzene rings is 2. The molecule has 2 aromatic carbocycles. The van der Waals surface area contributed by atoms with Crippen LogP contribution in [0.3, 0.4) is 0 Å². The van der Waals surface area contributed by atoms with Gasteiger partial charge in [0.15, 0.2) is 0 Å². The molecule has 0 aliphatic rings. The number of carbonyl (C=O) groups is 2. The monoisotopic (exact) mass is 299 g/mol. The first-order valence-corrected chi connectivity index (χ1v) is 6.28. The standard InChI is InChI=1S/C16H13NO5/c17-15-12(2-1-3-13(15)19)16(21)22-14(20)9-6-10-4-7-11(18)8-5-10/h1-9,18-19H,17H2. The minimum atomic E-state index is -0.950. The zero-order chi connectivity index (χ0) is 16.1. The molecular weight excluding hydrogens is 286 g/mol. The molecule has 0 spiro atoms. The number of anilines is 1. The van der Waals surface area contributed by atoms with Crippen molar-refractivity contribution < 1.29 is 24.5 Å². The van der Waals surface area contributed by atoms with E-state index in [0.29, 0.717) is 5.56 Å². The van der Waals surface area contributed by atoms with Crippen LogP contribution in [0.4, 0.5) is 5.69 Å². The van der Waals surface area contributed by atoms with Gasteiger partial charge in [0, 0.05) is 6.08 Å². The first kappa shape index (κ1) is 15.1. The fourth-order valence-corrected chi connectivity index (χ4v) is 1.66. The summed E-state index contributed by atoms with van der Waals surface area (Å²) in [7, 11) is 0. The van der Waals surface area contributed by atoms with Gasteiger partial charge >= 0.3 is 11.9 Å². The summed E-state index contributed by atoms with van der Waals surface area (Å²) in [5.74, 6) is -1.98. The van der Waals surface area contributed by atoms with Gasteiger partial charge in [-0.2, -0.15) is 0 Å².